The highest BCUT2D eigenvalue weighted by molar-refractivity contribution is 7.09. The van der Waals surface area contributed by atoms with Gasteiger partial charge in [0.2, 0.25) is 0 Å². The smallest absolute Gasteiger partial charge is 0.107 e. The summed E-state index contributed by atoms with van der Waals surface area (Å²) < 4.78 is 0. The summed E-state index contributed by atoms with van der Waals surface area (Å²) in [6.07, 6.45) is -0.288. The number of β-amino-alcohol motifs (C(OH)–C–C–N with tert-alkyl or cyclic N) is 1. The second kappa shape index (κ2) is 7.47. The van der Waals surface area contributed by atoms with Crippen LogP contribution in [0, 0.1) is 6.92 Å². The molecular formula is C14H26N4OS. The Morgan fingerprint density at radius 2 is 2.10 bits per heavy atom. The molecule has 2 heterocycles. The van der Waals surface area contributed by atoms with E-state index in [2.05, 4.69) is 32.1 Å². The topological polar surface area (TPSA) is 42.8 Å². The summed E-state index contributed by atoms with van der Waals surface area (Å²) in [5.74, 6) is 0. The third-order valence-electron chi connectivity index (χ3n) is 3.66. The van der Waals surface area contributed by atoms with Crippen molar-refractivity contribution in [3.8, 4) is 0 Å². The number of aliphatic hydroxyl groups is 1. The Kier molecular flexibility index (Phi) is 5.92. The lowest BCUT2D eigenvalue weighted by molar-refractivity contribution is 0.0594. The number of hydrogen-bond acceptors (Lipinski definition) is 6. The van der Waals surface area contributed by atoms with Crippen LogP contribution in [0.4, 0.5) is 0 Å². The number of rotatable bonds is 6. The third kappa shape index (κ3) is 5.10. The van der Waals surface area contributed by atoms with Gasteiger partial charge in [-0.05, 0) is 21.0 Å². The van der Waals surface area contributed by atoms with Gasteiger partial charge < -0.3 is 10.0 Å². The standard InChI is InChI=1S/C14H26N4OS/c1-12-11-20-14(15-12)10-17(3)8-13(19)9-18-6-4-16(2)5-7-18/h11,13,19H,4-10H2,1-3H3. The van der Waals surface area contributed by atoms with E-state index in [-0.39, 0.29) is 6.10 Å². The zero-order valence-electron chi connectivity index (χ0n) is 12.7. The number of aryl methyl sites for hydroxylation is 1. The van der Waals surface area contributed by atoms with Crippen molar-refractivity contribution in [1.82, 2.24) is 19.7 Å². The highest BCUT2D eigenvalue weighted by atomic mass is 32.1. The van der Waals surface area contributed by atoms with Gasteiger partial charge in [0.1, 0.15) is 5.01 Å². The van der Waals surface area contributed by atoms with Crippen LogP contribution in [-0.2, 0) is 6.54 Å². The van der Waals surface area contributed by atoms with E-state index < -0.39 is 0 Å². The fraction of sp³-hybridized carbons (Fsp3) is 0.786. The van der Waals surface area contributed by atoms with E-state index in [0.29, 0.717) is 6.54 Å². The van der Waals surface area contributed by atoms with Crippen LogP contribution >= 0.6 is 11.3 Å². The molecule has 0 saturated carbocycles. The van der Waals surface area contributed by atoms with Crippen LogP contribution in [0.5, 0.6) is 0 Å². The zero-order chi connectivity index (χ0) is 14.5. The van der Waals surface area contributed by atoms with E-state index in [1.807, 2.05) is 14.0 Å². The van der Waals surface area contributed by atoms with Crippen molar-refractivity contribution in [3.63, 3.8) is 0 Å². The summed E-state index contributed by atoms with van der Waals surface area (Å²) in [6, 6.07) is 0. The van der Waals surface area contributed by atoms with E-state index in [0.717, 1.165) is 50.0 Å². The van der Waals surface area contributed by atoms with Crippen molar-refractivity contribution in [2.45, 2.75) is 19.6 Å². The number of aliphatic hydroxyl groups excluding tert-OH is 1. The highest BCUT2D eigenvalue weighted by Gasteiger charge is 2.18. The number of aromatic nitrogens is 1. The van der Waals surface area contributed by atoms with Crippen molar-refractivity contribution >= 4 is 11.3 Å². The maximum Gasteiger partial charge on any atom is 0.107 e. The van der Waals surface area contributed by atoms with Gasteiger partial charge in [0.05, 0.1) is 12.6 Å². The van der Waals surface area contributed by atoms with Crippen molar-refractivity contribution in [3.05, 3.63) is 16.1 Å². The highest BCUT2D eigenvalue weighted by Crippen LogP contribution is 2.11. The average Bonchev–Trinajstić information content (AvgIpc) is 2.77. The van der Waals surface area contributed by atoms with Gasteiger partial charge in [0.15, 0.2) is 0 Å². The van der Waals surface area contributed by atoms with Crippen molar-refractivity contribution in [2.24, 2.45) is 0 Å². The number of piperazine rings is 1. The predicted molar refractivity (Wildman–Crippen MR) is 83.1 cm³/mol. The number of thiazole rings is 1. The van der Waals surface area contributed by atoms with Gasteiger partial charge in [-0.25, -0.2) is 4.98 Å². The molecule has 2 rings (SSSR count). The Balaban J connectivity index is 1.69. The van der Waals surface area contributed by atoms with Gasteiger partial charge >= 0.3 is 0 Å². The molecular weight excluding hydrogens is 272 g/mol. The van der Waals surface area contributed by atoms with E-state index in [1.165, 1.54) is 0 Å². The minimum absolute atomic E-state index is 0.288. The largest absolute Gasteiger partial charge is 0.390 e. The van der Waals surface area contributed by atoms with Crippen LogP contribution in [0.2, 0.25) is 0 Å². The van der Waals surface area contributed by atoms with Gasteiger partial charge in [-0.15, -0.1) is 11.3 Å². The zero-order valence-corrected chi connectivity index (χ0v) is 13.6. The van der Waals surface area contributed by atoms with Crippen molar-refractivity contribution < 1.29 is 5.11 Å². The summed E-state index contributed by atoms with van der Waals surface area (Å²) >= 11 is 1.69. The molecule has 6 heteroatoms. The molecule has 0 bridgehead atoms. The van der Waals surface area contributed by atoms with Crippen molar-refractivity contribution in [2.75, 3.05) is 53.4 Å². The minimum Gasteiger partial charge on any atom is -0.390 e. The minimum atomic E-state index is -0.288. The van der Waals surface area contributed by atoms with Gasteiger partial charge in [0.25, 0.3) is 0 Å². The molecule has 0 amide bonds. The fourth-order valence-electron chi connectivity index (χ4n) is 2.52. The lowest BCUT2D eigenvalue weighted by Gasteiger charge is -2.34. The summed E-state index contributed by atoms with van der Waals surface area (Å²) in [6.45, 7) is 8.62. The third-order valence-corrected chi connectivity index (χ3v) is 4.61. The first-order chi connectivity index (χ1) is 9.52. The summed E-state index contributed by atoms with van der Waals surface area (Å²) in [5.41, 5.74) is 1.08. The van der Waals surface area contributed by atoms with Crippen LogP contribution in [0.3, 0.4) is 0 Å². The van der Waals surface area contributed by atoms with Gasteiger partial charge in [-0.2, -0.15) is 0 Å². The molecule has 1 N–H and O–H groups in total. The lowest BCUT2D eigenvalue weighted by Crippen LogP contribution is -2.48. The van der Waals surface area contributed by atoms with Gasteiger partial charge in [-0.3, -0.25) is 9.80 Å². The fourth-order valence-corrected chi connectivity index (χ4v) is 3.37. The van der Waals surface area contributed by atoms with Crippen LogP contribution in [-0.4, -0.2) is 84.3 Å². The predicted octanol–water partition coefficient (Wildman–Crippen LogP) is 0.492. The molecule has 0 aromatic carbocycles. The van der Waals surface area contributed by atoms with Crippen LogP contribution in [0.1, 0.15) is 10.7 Å². The first-order valence-corrected chi connectivity index (χ1v) is 8.09. The Morgan fingerprint density at radius 1 is 1.40 bits per heavy atom. The first kappa shape index (κ1) is 15.9. The maximum absolute atomic E-state index is 10.2. The van der Waals surface area contributed by atoms with E-state index in [1.54, 1.807) is 11.3 Å². The van der Waals surface area contributed by atoms with Crippen LogP contribution in [0.15, 0.2) is 5.38 Å². The molecule has 1 aromatic heterocycles. The molecule has 1 fully saturated rings. The Labute approximate surface area is 125 Å². The molecule has 1 saturated heterocycles. The molecule has 1 atom stereocenters. The Bertz CT molecular complexity index is 404. The van der Waals surface area contributed by atoms with Crippen LogP contribution < -0.4 is 0 Å². The Morgan fingerprint density at radius 3 is 2.70 bits per heavy atom. The SMILES string of the molecule is Cc1csc(CN(C)CC(O)CN2CCN(C)CC2)n1. The summed E-state index contributed by atoms with van der Waals surface area (Å²) in [7, 11) is 4.20. The molecule has 0 aliphatic carbocycles. The van der Waals surface area contributed by atoms with Gasteiger partial charge in [-0.1, -0.05) is 0 Å². The second-order valence-corrected chi connectivity index (χ2v) is 6.78. The monoisotopic (exact) mass is 298 g/mol. The van der Waals surface area contributed by atoms with E-state index >= 15 is 0 Å². The number of hydrogen-bond donors (Lipinski definition) is 1. The molecule has 20 heavy (non-hydrogen) atoms. The average molecular weight is 298 g/mol. The normalized spacial score (nSPS) is 19.6. The quantitative estimate of drug-likeness (QED) is 0.828. The molecule has 0 radical (unpaired) electrons. The van der Waals surface area contributed by atoms with E-state index in [9.17, 15) is 5.11 Å². The van der Waals surface area contributed by atoms with Gasteiger partial charge in [0, 0.05) is 50.3 Å². The Hall–Kier alpha value is -0.530. The van der Waals surface area contributed by atoms with Crippen LogP contribution in [0.25, 0.3) is 0 Å². The molecule has 1 aromatic rings. The molecule has 1 unspecified atom stereocenters. The molecule has 5 nitrogen and oxygen atoms in total. The lowest BCUT2D eigenvalue weighted by atomic mass is 10.2. The summed E-state index contributed by atoms with van der Waals surface area (Å²) in [4.78, 5) is 11.3. The number of likely N-dealkylation sites (N-methyl/N-ethyl adjacent to an activating group) is 2. The van der Waals surface area contributed by atoms with Crippen molar-refractivity contribution in [1.29, 1.82) is 0 Å². The number of nitrogens with zero attached hydrogens (tertiary/aromatic N) is 4. The molecule has 1 aliphatic rings. The second-order valence-electron chi connectivity index (χ2n) is 5.84. The molecule has 1 aliphatic heterocycles. The molecule has 0 spiro atoms. The maximum atomic E-state index is 10.2. The molecule has 114 valence electrons. The summed E-state index contributed by atoms with van der Waals surface area (Å²) in [5, 5.41) is 13.4. The first-order valence-electron chi connectivity index (χ1n) is 7.21. The van der Waals surface area contributed by atoms with E-state index in [4.69, 9.17) is 0 Å².